The van der Waals surface area contributed by atoms with Gasteiger partial charge >= 0.3 is 0 Å². The van der Waals surface area contributed by atoms with Crippen molar-refractivity contribution in [1.82, 2.24) is 14.9 Å². The molecule has 1 amide bonds. The Labute approximate surface area is 236 Å². The average Bonchev–Trinajstić information content (AvgIpc) is 2.96. The Balaban J connectivity index is 1.30. The van der Waals surface area contributed by atoms with Gasteiger partial charge in [-0.2, -0.15) is 0 Å². The fourth-order valence-corrected chi connectivity index (χ4v) is 5.49. The lowest BCUT2D eigenvalue weighted by Gasteiger charge is -2.35. The van der Waals surface area contributed by atoms with Crippen LogP contribution in [0, 0.1) is 0 Å². The number of hydrogen-bond acceptors (Lipinski definition) is 7. The predicted molar refractivity (Wildman–Crippen MR) is 150 cm³/mol. The van der Waals surface area contributed by atoms with Crippen molar-refractivity contribution in [2.45, 2.75) is 4.90 Å². The van der Waals surface area contributed by atoms with Crippen molar-refractivity contribution >= 4 is 50.8 Å². The molecule has 1 N–H and O–H groups in total. The summed E-state index contributed by atoms with van der Waals surface area (Å²) in [6, 6.07) is 19.1. The Morgan fingerprint density at radius 1 is 0.872 bits per heavy atom. The van der Waals surface area contributed by atoms with Gasteiger partial charge in [0.1, 0.15) is 11.5 Å². The largest absolute Gasteiger partial charge is 0.456 e. The number of anilines is 2. The van der Waals surface area contributed by atoms with Crippen LogP contribution in [0.25, 0.3) is 0 Å². The Hall–Kier alpha value is -3.86. The summed E-state index contributed by atoms with van der Waals surface area (Å²) in [5.74, 6) is 1.15. The van der Waals surface area contributed by atoms with E-state index in [1.54, 1.807) is 47.6 Å². The van der Waals surface area contributed by atoms with E-state index in [2.05, 4.69) is 14.7 Å². The number of halogens is 2. The highest BCUT2D eigenvalue weighted by atomic mass is 35.5. The molecule has 0 spiro atoms. The maximum absolute atomic E-state index is 13.4. The fourth-order valence-electron chi connectivity index (χ4n) is 4.06. The second kappa shape index (κ2) is 11.5. The second-order valence-electron chi connectivity index (χ2n) is 8.63. The van der Waals surface area contributed by atoms with Crippen LogP contribution >= 0.6 is 23.2 Å². The number of para-hydroxylation sites is 1. The Morgan fingerprint density at radius 2 is 1.56 bits per heavy atom. The fraction of sp³-hybridized carbons (Fsp3) is 0.148. The quantitative estimate of drug-likeness (QED) is 0.313. The summed E-state index contributed by atoms with van der Waals surface area (Å²) in [7, 11) is -4.03. The van der Waals surface area contributed by atoms with Crippen LogP contribution in [0.15, 0.2) is 90.1 Å². The molecule has 0 saturated carbocycles. The number of carbonyl (C=O) groups excluding carboxylic acids is 1. The number of benzene rings is 3. The van der Waals surface area contributed by atoms with E-state index < -0.39 is 10.0 Å². The summed E-state index contributed by atoms with van der Waals surface area (Å²) in [6.07, 6.45) is 3.34. The number of hydrogen-bond donors (Lipinski definition) is 1. The van der Waals surface area contributed by atoms with Gasteiger partial charge in [0.2, 0.25) is 5.95 Å². The van der Waals surface area contributed by atoms with Crippen LogP contribution in [0.5, 0.6) is 11.5 Å². The molecule has 0 unspecified atom stereocenters. The molecule has 5 rings (SSSR count). The molecule has 1 aliphatic rings. The van der Waals surface area contributed by atoms with E-state index in [4.69, 9.17) is 27.9 Å². The molecular formula is C27H23Cl2N5O4S. The SMILES string of the molecule is O=C(c1cc(Cl)ccc1NS(=O)(=O)c1ccc(Oc2ccccc2Cl)cc1)N1CCN(c2ncccn2)CC1. The Morgan fingerprint density at radius 3 is 2.26 bits per heavy atom. The van der Waals surface area contributed by atoms with Crippen LogP contribution < -0.4 is 14.4 Å². The first-order valence-electron chi connectivity index (χ1n) is 12.0. The van der Waals surface area contributed by atoms with Gasteiger partial charge < -0.3 is 14.5 Å². The first-order chi connectivity index (χ1) is 18.8. The van der Waals surface area contributed by atoms with Gasteiger partial charge in [-0.3, -0.25) is 9.52 Å². The highest BCUT2D eigenvalue weighted by Crippen LogP contribution is 2.30. The molecule has 2 heterocycles. The summed E-state index contributed by atoms with van der Waals surface area (Å²) in [5.41, 5.74) is 0.295. The molecule has 0 atom stereocenters. The third-order valence-corrected chi connectivity index (χ3v) is 7.99. The minimum absolute atomic E-state index is 0.00108. The molecule has 12 heteroatoms. The molecule has 1 saturated heterocycles. The van der Waals surface area contributed by atoms with Crippen molar-refractivity contribution in [3.8, 4) is 11.5 Å². The van der Waals surface area contributed by atoms with Crippen molar-refractivity contribution in [1.29, 1.82) is 0 Å². The normalized spacial score (nSPS) is 13.7. The lowest BCUT2D eigenvalue weighted by atomic mass is 10.1. The van der Waals surface area contributed by atoms with Crippen LogP contribution in [0.1, 0.15) is 10.4 Å². The lowest BCUT2D eigenvalue weighted by molar-refractivity contribution is 0.0747. The molecule has 200 valence electrons. The van der Waals surface area contributed by atoms with Gasteiger partial charge in [0.05, 0.1) is 21.2 Å². The number of piperazine rings is 1. The van der Waals surface area contributed by atoms with E-state index in [0.29, 0.717) is 53.7 Å². The van der Waals surface area contributed by atoms with Crippen LogP contribution in [-0.4, -0.2) is 55.4 Å². The van der Waals surface area contributed by atoms with E-state index in [9.17, 15) is 13.2 Å². The van der Waals surface area contributed by atoms with E-state index in [-0.39, 0.29) is 22.1 Å². The standard InChI is InChI=1S/C27H23Cl2N5O4S/c28-19-6-11-24(22(18-19)26(35)33-14-16-34(17-15-33)27-30-12-3-13-31-27)32-39(36,37)21-9-7-20(8-10-21)38-25-5-2-1-4-23(25)29/h1-13,18,32H,14-17H2. The molecule has 4 aromatic rings. The van der Waals surface area contributed by atoms with E-state index in [1.807, 2.05) is 4.90 Å². The minimum Gasteiger partial charge on any atom is -0.456 e. The minimum atomic E-state index is -4.03. The van der Waals surface area contributed by atoms with Crippen molar-refractivity contribution in [2.24, 2.45) is 0 Å². The Bertz CT molecular complexity index is 1580. The molecule has 0 bridgehead atoms. The molecule has 0 aliphatic carbocycles. The number of carbonyl (C=O) groups is 1. The lowest BCUT2D eigenvalue weighted by Crippen LogP contribution is -2.49. The number of nitrogens with one attached hydrogen (secondary N) is 1. The number of rotatable bonds is 7. The topological polar surface area (TPSA) is 105 Å². The van der Waals surface area contributed by atoms with Gasteiger partial charge in [0, 0.05) is 43.6 Å². The summed E-state index contributed by atoms with van der Waals surface area (Å²) in [6.45, 7) is 1.92. The molecule has 1 aromatic heterocycles. The summed E-state index contributed by atoms with van der Waals surface area (Å²) >= 11 is 12.3. The zero-order valence-electron chi connectivity index (χ0n) is 20.5. The number of nitrogens with zero attached hydrogens (tertiary/aromatic N) is 4. The van der Waals surface area contributed by atoms with Crippen LogP contribution in [-0.2, 0) is 10.0 Å². The highest BCUT2D eigenvalue weighted by molar-refractivity contribution is 7.92. The zero-order chi connectivity index (χ0) is 27.4. The number of aromatic nitrogens is 2. The van der Waals surface area contributed by atoms with Crippen molar-refractivity contribution < 1.29 is 17.9 Å². The first kappa shape index (κ1) is 26.7. The average molecular weight is 584 g/mol. The van der Waals surface area contributed by atoms with Gasteiger partial charge in [-0.25, -0.2) is 18.4 Å². The number of sulfonamides is 1. The summed E-state index contributed by atoms with van der Waals surface area (Å²) in [5, 5.41) is 0.754. The van der Waals surface area contributed by atoms with Crippen LogP contribution in [0.3, 0.4) is 0 Å². The summed E-state index contributed by atoms with van der Waals surface area (Å²) in [4.78, 5) is 25.6. The van der Waals surface area contributed by atoms with Crippen LogP contribution in [0.4, 0.5) is 11.6 Å². The van der Waals surface area contributed by atoms with E-state index >= 15 is 0 Å². The van der Waals surface area contributed by atoms with Gasteiger partial charge in [0.25, 0.3) is 15.9 Å². The van der Waals surface area contributed by atoms with Crippen LogP contribution in [0.2, 0.25) is 10.0 Å². The molecule has 0 radical (unpaired) electrons. The first-order valence-corrected chi connectivity index (χ1v) is 14.2. The Kier molecular flexibility index (Phi) is 7.87. The van der Waals surface area contributed by atoms with E-state index in [1.165, 1.54) is 42.5 Å². The number of ether oxygens (including phenoxy) is 1. The molecule has 1 fully saturated rings. The predicted octanol–water partition coefficient (Wildman–Crippen LogP) is 5.34. The second-order valence-corrected chi connectivity index (χ2v) is 11.2. The third kappa shape index (κ3) is 6.25. The maximum atomic E-state index is 13.4. The van der Waals surface area contributed by atoms with Crippen molar-refractivity contribution in [3.05, 3.63) is 101 Å². The van der Waals surface area contributed by atoms with E-state index in [0.717, 1.165) is 0 Å². The number of amides is 1. The molecule has 3 aromatic carbocycles. The molecular weight excluding hydrogens is 561 g/mol. The monoisotopic (exact) mass is 583 g/mol. The zero-order valence-corrected chi connectivity index (χ0v) is 22.8. The third-order valence-electron chi connectivity index (χ3n) is 6.06. The van der Waals surface area contributed by atoms with Gasteiger partial charge in [-0.1, -0.05) is 35.3 Å². The highest BCUT2D eigenvalue weighted by Gasteiger charge is 2.26. The smallest absolute Gasteiger partial charge is 0.261 e. The van der Waals surface area contributed by atoms with Crippen molar-refractivity contribution in [2.75, 3.05) is 35.8 Å². The maximum Gasteiger partial charge on any atom is 0.261 e. The molecule has 39 heavy (non-hydrogen) atoms. The molecule has 9 nitrogen and oxygen atoms in total. The van der Waals surface area contributed by atoms with Gasteiger partial charge in [0.15, 0.2) is 0 Å². The summed E-state index contributed by atoms with van der Waals surface area (Å²) < 4.78 is 34.7. The molecule has 1 aliphatic heterocycles. The van der Waals surface area contributed by atoms with Crippen molar-refractivity contribution in [3.63, 3.8) is 0 Å². The van der Waals surface area contributed by atoms with Gasteiger partial charge in [-0.15, -0.1) is 0 Å². The van der Waals surface area contributed by atoms with Gasteiger partial charge in [-0.05, 0) is 60.7 Å².